The first-order chi connectivity index (χ1) is 13.8. The zero-order valence-corrected chi connectivity index (χ0v) is 18.8. The van der Waals surface area contributed by atoms with Gasteiger partial charge < -0.3 is 19.2 Å². The van der Waals surface area contributed by atoms with E-state index in [9.17, 15) is 14.4 Å². The summed E-state index contributed by atoms with van der Waals surface area (Å²) in [5, 5.41) is 3.19. The van der Waals surface area contributed by atoms with Crippen LogP contribution >= 0.6 is 27.3 Å². The van der Waals surface area contributed by atoms with Gasteiger partial charge in [-0.2, -0.15) is 0 Å². The Balaban J connectivity index is 1.76. The van der Waals surface area contributed by atoms with Crippen LogP contribution in [0.5, 0.6) is 0 Å². The van der Waals surface area contributed by atoms with E-state index in [4.69, 9.17) is 13.9 Å². The van der Waals surface area contributed by atoms with Crippen molar-refractivity contribution in [1.82, 2.24) is 0 Å². The van der Waals surface area contributed by atoms with E-state index in [1.165, 1.54) is 24.3 Å². The lowest BCUT2D eigenvalue weighted by molar-refractivity contribution is -0.123. The molecule has 1 aliphatic rings. The number of furan rings is 1. The molecule has 0 aromatic carbocycles. The van der Waals surface area contributed by atoms with Gasteiger partial charge in [-0.1, -0.05) is 6.92 Å². The van der Waals surface area contributed by atoms with Gasteiger partial charge in [0.15, 0.2) is 10.8 Å². The van der Waals surface area contributed by atoms with Gasteiger partial charge in [-0.05, 0) is 72.7 Å². The summed E-state index contributed by atoms with van der Waals surface area (Å²) in [5.74, 6) is -1.21. The van der Waals surface area contributed by atoms with E-state index in [0.717, 1.165) is 29.7 Å². The maximum absolute atomic E-state index is 12.6. The second-order valence-corrected chi connectivity index (χ2v) is 8.80. The van der Waals surface area contributed by atoms with Crippen LogP contribution in [0.3, 0.4) is 0 Å². The Kier molecular flexibility index (Phi) is 6.79. The molecule has 1 aliphatic carbocycles. The Hall–Kier alpha value is -2.13. The average molecular weight is 484 g/mol. The quantitative estimate of drug-likeness (QED) is 0.603. The van der Waals surface area contributed by atoms with Crippen LogP contribution in [0.25, 0.3) is 0 Å². The molecule has 1 amide bonds. The van der Waals surface area contributed by atoms with Gasteiger partial charge in [0, 0.05) is 4.88 Å². The second kappa shape index (κ2) is 9.13. The summed E-state index contributed by atoms with van der Waals surface area (Å²) in [6.07, 6.45) is 1.55. The van der Waals surface area contributed by atoms with E-state index in [2.05, 4.69) is 28.2 Å². The van der Waals surface area contributed by atoms with Crippen LogP contribution in [0, 0.1) is 5.92 Å². The van der Waals surface area contributed by atoms with E-state index in [-0.39, 0.29) is 12.4 Å². The molecule has 3 rings (SSSR count). The van der Waals surface area contributed by atoms with Crippen molar-refractivity contribution in [3.63, 3.8) is 0 Å². The maximum Gasteiger partial charge on any atom is 0.375 e. The summed E-state index contributed by atoms with van der Waals surface area (Å²) in [4.78, 5) is 38.3. The summed E-state index contributed by atoms with van der Waals surface area (Å²) in [6.45, 7) is 5.62. The molecule has 156 valence electrons. The SMILES string of the molecule is CCOC(=O)c1c(NC(=O)[C@@H](C)OC(=O)c2ccc(Br)o2)sc2c1CC[C@H](C)C2. The van der Waals surface area contributed by atoms with Gasteiger partial charge in [0.25, 0.3) is 5.91 Å². The predicted molar refractivity (Wildman–Crippen MR) is 111 cm³/mol. The van der Waals surface area contributed by atoms with E-state index in [0.29, 0.717) is 21.2 Å². The first-order valence-electron chi connectivity index (χ1n) is 9.39. The smallest absolute Gasteiger partial charge is 0.375 e. The second-order valence-electron chi connectivity index (χ2n) is 6.92. The fourth-order valence-corrected chi connectivity index (χ4v) is 4.88. The zero-order valence-electron chi connectivity index (χ0n) is 16.4. The van der Waals surface area contributed by atoms with Crippen LogP contribution in [0.1, 0.15) is 58.5 Å². The molecule has 0 unspecified atom stereocenters. The number of amides is 1. The van der Waals surface area contributed by atoms with Crippen molar-refractivity contribution < 1.29 is 28.3 Å². The van der Waals surface area contributed by atoms with Gasteiger partial charge >= 0.3 is 11.9 Å². The van der Waals surface area contributed by atoms with Crippen molar-refractivity contribution in [1.29, 1.82) is 0 Å². The van der Waals surface area contributed by atoms with E-state index >= 15 is 0 Å². The van der Waals surface area contributed by atoms with Gasteiger partial charge in [0.2, 0.25) is 5.76 Å². The highest BCUT2D eigenvalue weighted by Crippen LogP contribution is 2.40. The summed E-state index contributed by atoms with van der Waals surface area (Å²) in [6, 6.07) is 3.01. The molecule has 9 heteroatoms. The lowest BCUT2D eigenvalue weighted by Crippen LogP contribution is -2.30. The monoisotopic (exact) mass is 483 g/mol. The number of hydrogen-bond acceptors (Lipinski definition) is 7. The van der Waals surface area contributed by atoms with Gasteiger partial charge in [-0.3, -0.25) is 4.79 Å². The molecular formula is C20H22BrNO6S. The third kappa shape index (κ3) is 4.90. The molecule has 0 aliphatic heterocycles. The number of anilines is 1. The number of carbonyl (C=O) groups is 3. The maximum atomic E-state index is 12.6. The summed E-state index contributed by atoms with van der Waals surface area (Å²) < 4.78 is 15.9. The number of thiophene rings is 1. The Bertz CT molecular complexity index is 934. The van der Waals surface area contributed by atoms with E-state index in [1.54, 1.807) is 13.0 Å². The Morgan fingerprint density at radius 2 is 2.10 bits per heavy atom. The summed E-state index contributed by atoms with van der Waals surface area (Å²) >= 11 is 4.50. The summed E-state index contributed by atoms with van der Waals surface area (Å²) in [5.41, 5.74) is 1.37. The minimum atomic E-state index is -1.07. The van der Waals surface area contributed by atoms with Gasteiger partial charge in [-0.25, -0.2) is 9.59 Å². The molecule has 0 spiro atoms. The van der Waals surface area contributed by atoms with Crippen molar-refractivity contribution in [2.24, 2.45) is 5.92 Å². The lowest BCUT2D eigenvalue weighted by Gasteiger charge is -2.18. The molecule has 29 heavy (non-hydrogen) atoms. The molecule has 0 saturated carbocycles. The van der Waals surface area contributed by atoms with Crippen LogP contribution in [0.15, 0.2) is 21.2 Å². The molecule has 0 fully saturated rings. The lowest BCUT2D eigenvalue weighted by atomic mass is 9.88. The minimum Gasteiger partial charge on any atom is -0.462 e. The number of esters is 2. The van der Waals surface area contributed by atoms with Gasteiger partial charge in [0.1, 0.15) is 5.00 Å². The third-order valence-corrected chi connectivity index (χ3v) is 6.25. The highest BCUT2D eigenvalue weighted by Gasteiger charge is 2.30. The Labute approximate surface area is 180 Å². The molecule has 7 nitrogen and oxygen atoms in total. The minimum absolute atomic E-state index is 0.00990. The van der Waals surface area contributed by atoms with E-state index in [1.807, 2.05) is 0 Å². The third-order valence-electron chi connectivity index (χ3n) is 4.66. The van der Waals surface area contributed by atoms with Gasteiger partial charge in [0.05, 0.1) is 12.2 Å². The number of rotatable bonds is 6. The van der Waals surface area contributed by atoms with Crippen molar-refractivity contribution in [3.8, 4) is 0 Å². The molecule has 2 atom stereocenters. The molecule has 0 radical (unpaired) electrons. The number of fused-ring (bicyclic) bond motifs is 1. The molecule has 2 aromatic heterocycles. The van der Waals surface area contributed by atoms with Crippen LogP contribution in [0.4, 0.5) is 5.00 Å². The number of nitrogens with one attached hydrogen (secondary N) is 1. The molecular weight excluding hydrogens is 462 g/mol. The van der Waals surface area contributed by atoms with Crippen molar-refractivity contribution in [2.75, 3.05) is 11.9 Å². The molecule has 2 aromatic rings. The molecule has 0 bridgehead atoms. The topological polar surface area (TPSA) is 94.8 Å². The molecule has 2 heterocycles. The molecule has 1 N–H and O–H groups in total. The van der Waals surface area contributed by atoms with Crippen LogP contribution in [-0.2, 0) is 27.1 Å². The standard InChI is InChI=1S/C20H22BrNO6S/c1-4-26-20(25)16-12-6-5-10(2)9-14(12)29-18(16)22-17(23)11(3)27-19(24)13-7-8-15(21)28-13/h7-8,10-11H,4-6,9H2,1-3H3,(H,22,23)/t10-,11+/m0/s1. The highest BCUT2D eigenvalue weighted by molar-refractivity contribution is 9.10. The van der Waals surface area contributed by atoms with Crippen LogP contribution < -0.4 is 5.32 Å². The Morgan fingerprint density at radius 3 is 2.76 bits per heavy atom. The fraction of sp³-hybridized carbons (Fsp3) is 0.450. The largest absolute Gasteiger partial charge is 0.462 e. The molecule has 0 saturated heterocycles. The number of halogens is 1. The van der Waals surface area contributed by atoms with Crippen molar-refractivity contribution >= 4 is 50.1 Å². The van der Waals surface area contributed by atoms with Gasteiger partial charge in [-0.15, -0.1) is 11.3 Å². The number of ether oxygens (including phenoxy) is 2. The van der Waals surface area contributed by atoms with Crippen molar-refractivity contribution in [3.05, 3.63) is 38.6 Å². The number of hydrogen-bond donors (Lipinski definition) is 1. The van der Waals surface area contributed by atoms with Crippen molar-refractivity contribution in [2.45, 2.75) is 46.1 Å². The number of carbonyl (C=O) groups excluding carboxylic acids is 3. The average Bonchev–Trinajstić information content (AvgIpc) is 3.24. The van der Waals surface area contributed by atoms with E-state index < -0.39 is 23.9 Å². The normalized spacial score (nSPS) is 16.6. The zero-order chi connectivity index (χ0) is 21.1. The summed E-state index contributed by atoms with van der Waals surface area (Å²) in [7, 11) is 0. The fourth-order valence-electron chi connectivity index (χ4n) is 3.17. The first-order valence-corrected chi connectivity index (χ1v) is 11.0. The first kappa shape index (κ1) is 21.6. The predicted octanol–water partition coefficient (Wildman–Crippen LogP) is 4.59. The highest BCUT2D eigenvalue weighted by atomic mass is 79.9. The van der Waals surface area contributed by atoms with Crippen LogP contribution in [-0.4, -0.2) is 30.6 Å². The van der Waals surface area contributed by atoms with Crippen LogP contribution in [0.2, 0.25) is 0 Å². The Morgan fingerprint density at radius 1 is 1.34 bits per heavy atom.